The molecule has 0 radical (unpaired) electrons. The van der Waals surface area contributed by atoms with Gasteiger partial charge in [-0.1, -0.05) is 25.1 Å². The Balaban J connectivity index is 1.93. The molecule has 1 aromatic rings. The van der Waals surface area contributed by atoms with Gasteiger partial charge < -0.3 is 9.84 Å². The molecule has 2 nitrogen and oxygen atoms in total. The minimum absolute atomic E-state index is 0.248. The maximum Gasteiger partial charge on any atom is 0.122 e. The summed E-state index contributed by atoms with van der Waals surface area (Å²) in [5, 5.41) is 9.72. The molecule has 16 heavy (non-hydrogen) atoms. The van der Waals surface area contributed by atoms with Gasteiger partial charge in [0.25, 0.3) is 0 Å². The van der Waals surface area contributed by atoms with E-state index in [-0.39, 0.29) is 11.4 Å². The van der Waals surface area contributed by atoms with Crippen LogP contribution < -0.4 is 4.74 Å². The lowest BCUT2D eigenvalue weighted by molar-refractivity contribution is 0.196. The van der Waals surface area contributed by atoms with E-state index in [1.165, 1.54) is 5.56 Å². The largest absolute Gasteiger partial charge is 0.493 e. The van der Waals surface area contributed by atoms with E-state index in [9.17, 15) is 5.11 Å². The van der Waals surface area contributed by atoms with Gasteiger partial charge in [0, 0.05) is 22.5 Å². The molecule has 1 heterocycles. The van der Waals surface area contributed by atoms with Crippen LogP contribution in [0.3, 0.4) is 0 Å². The Morgan fingerprint density at radius 2 is 2.19 bits per heavy atom. The van der Waals surface area contributed by atoms with Gasteiger partial charge in [0.15, 0.2) is 0 Å². The van der Waals surface area contributed by atoms with Crippen molar-refractivity contribution in [2.24, 2.45) is 0 Å². The molecular weight excluding hydrogens is 220 g/mol. The highest BCUT2D eigenvalue weighted by molar-refractivity contribution is 7.99. The van der Waals surface area contributed by atoms with Crippen molar-refractivity contribution >= 4 is 11.8 Å². The average molecular weight is 238 g/mol. The van der Waals surface area contributed by atoms with Crippen LogP contribution in [0.25, 0.3) is 0 Å². The molecule has 1 N–H and O–H groups in total. The first-order chi connectivity index (χ1) is 7.68. The molecule has 88 valence electrons. The fraction of sp³-hybridized carbons (Fsp3) is 0.538. The van der Waals surface area contributed by atoms with E-state index in [1.54, 1.807) is 0 Å². The number of hydrogen-bond donors (Lipinski definition) is 1. The fourth-order valence-corrected chi connectivity index (χ4v) is 2.86. The lowest BCUT2D eigenvalue weighted by Crippen LogP contribution is -2.17. The Bertz CT molecular complexity index is 352. The smallest absolute Gasteiger partial charge is 0.122 e. The van der Waals surface area contributed by atoms with Crippen LogP contribution in [-0.2, 0) is 0 Å². The van der Waals surface area contributed by atoms with Gasteiger partial charge in [-0.25, -0.2) is 0 Å². The zero-order chi connectivity index (χ0) is 11.5. The van der Waals surface area contributed by atoms with Crippen LogP contribution >= 0.6 is 11.8 Å². The van der Waals surface area contributed by atoms with Crippen LogP contribution in [0.5, 0.6) is 5.75 Å². The first-order valence-electron chi connectivity index (χ1n) is 5.70. The second-order valence-corrected chi connectivity index (χ2v) is 5.74. The second kappa shape index (κ2) is 5.11. The number of benzene rings is 1. The summed E-state index contributed by atoms with van der Waals surface area (Å²) < 4.78 is 5.63. The summed E-state index contributed by atoms with van der Waals surface area (Å²) in [6.45, 7) is 4.69. The van der Waals surface area contributed by atoms with Crippen molar-refractivity contribution in [3.05, 3.63) is 29.8 Å². The molecule has 1 aliphatic rings. The summed E-state index contributed by atoms with van der Waals surface area (Å²) in [5.41, 5.74) is 1.31. The predicted molar refractivity (Wildman–Crippen MR) is 68.3 cm³/mol. The summed E-state index contributed by atoms with van der Waals surface area (Å²) in [5.74, 6) is 2.52. The maximum atomic E-state index is 9.44. The molecule has 0 aliphatic carbocycles. The number of ether oxygens (including phenoxy) is 1. The quantitative estimate of drug-likeness (QED) is 0.874. The molecule has 1 aliphatic heterocycles. The highest BCUT2D eigenvalue weighted by Crippen LogP contribution is 2.36. The minimum atomic E-state index is -0.248. The van der Waals surface area contributed by atoms with Gasteiger partial charge in [-0.2, -0.15) is 11.8 Å². The topological polar surface area (TPSA) is 29.5 Å². The number of fused-ring (bicyclic) bond motifs is 1. The monoisotopic (exact) mass is 238 g/mol. The van der Waals surface area contributed by atoms with E-state index < -0.39 is 0 Å². The molecule has 2 rings (SSSR count). The highest BCUT2D eigenvalue weighted by Gasteiger charge is 2.24. The van der Waals surface area contributed by atoms with Gasteiger partial charge in [-0.15, -0.1) is 0 Å². The Labute approximate surface area is 101 Å². The molecule has 1 aromatic carbocycles. The number of aliphatic hydroxyl groups excluding tert-OH is 1. The lowest BCUT2D eigenvalue weighted by Gasteiger charge is -2.16. The Kier molecular flexibility index (Phi) is 3.77. The Morgan fingerprint density at radius 3 is 2.94 bits per heavy atom. The van der Waals surface area contributed by atoms with E-state index in [2.05, 4.69) is 19.1 Å². The first kappa shape index (κ1) is 11.8. The number of thioether (sulfide) groups is 1. The van der Waals surface area contributed by atoms with Gasteiger partial charge in [-0.05, 0) is 13.0 Å². The molecule has 3 atom stereocenters. The zero-order valence-corrected chi connectivity index (χ0v) is 10.5. The summed E-state index contributed by atoms with van der Waals surface area (Å²) >= 11 is 1.82. The summed E-state index contributed by atoms with van der Waals surface area (Å²) in [6.07, 6.45) is -0.248. The number of hydrogen-bond acceptors (Lipinski definition) is 3. The van der Waals surface area contributed by atoms with Crippen molar-refractivity contribution in [1.82, 2.24) is 0 Å². The van der Waals surface area contributed by atoms with Crippen molar-refractivity contribution in [3.8, 4) is 5.75 Å². The van der Waals surface area contributed by atoms with E-state index in [1.807, 2.05) is 30.8 Å². The second-order valence-electron chi connectivity index (χ2n) is 4.32. The third-order valence-corrected chi connectivity index (χ3v) is 4.55. The molecule has 0 fully saturated rings. The molecule has 0 aromatic heterocycles. The molecule has 0 saturated heterocycles. The van der Waals surface area contributed by atoms with Gasteiger partial charge in [0.2, 0.25) is 0 Å². The van der Waals surface area contributed by atoms with Crippen LogP contribution in [0.2, 0.25) is 0 Å². The Hall–Kier alpha value is -0.670. The molecule has 3 heteroatoms. The van der Waals surface area contributed by atoms with Crippen molar-refractivity contribution in [1.29, 1.82) is 0 Å². The maximum absolute atomic E-state index is 9.44. The van der Waals surface area contributed by atoms with Gasteiger partial charge in [-0.3, -0.25) is 0 Å². The normalized spacial score (nSPS) is 22.3. The van der Waals surface area contributed by atoms with Crippen LogP contribution in [-0.4, -0.2) is 28.8 Å². The van der Waals surface area contributed by atoms with Gasteiger partial charge >= 0.3 is 0 Å². The van der Waals surface area contributed by atoms with E-state index in [0.29, 0.717) is 5.92 Å². The summed E-state index contributed by atoms with van der Waals surface area (Å²) in [6, 6.07) is 8.23. The van der Waals surface area contributed by atoms with Crippen molar-refractivity contribution in [3.63, 3.8) is 0 Å². The third-order valence-electron chi connectivity index (χ3n) is 3.04. The van der Waals surface area contributed by atoms with Crippen molar-refractivity contribution in [2.45, 2.75) is 31.1 Å². The van der Waals surface area contributed by atoms with Crippen LogP contribution in [0, 0.1) is 0 Å². The van der Waals surface area contributed by atoms with Gasteiger partial charge in [0.05, 0.1) is 12.7 Å². The van der Waals surface area contributed by atoms with E-state index >= 15 is 0 Å². The molecule has 3 unspecified atom stereocenters. The van der Waals surface area contributed by atoms with Crippen LogP contribution in [0.1, 0.15) is 25.3 Å². The number of aliphatic hydroxyl groups is 1. The summed E-state index contributed by atoms with van der Waals surface area (Å²) in [7, 11) is 0. The summed E-state index contributed by atoms with van der Waals surface area (Å²) in [4.78, 5) is 0. The lowest BCUT2D eigenvalue weighted by atomic mass is 10.0. The average Bonchev–Trinajstić information content (AvgIpc) is 2.69. The molecular formula is C13H18O2S. The standard InChI is InChI=1S/C13H18O2S/c1-9(14)10(2)16-8-11-7-15-13-6-4-3-5-12(11)13/h3-6,9-11,14H,7-8H2,1-2H3. The van der Waals surface area contributed by atoms with Crippen molar-refractivity contribution in [2.75, 3.05) is 12.4 Å². The number of para-hydroxylation sites is 1. The van der Waals surface area contributed by atoms with Crippen molar-refractivity contribution < 1.29 is 9.84 Å². The minimum Gasteiger partial charge on any atom is -0.493 e. The third kappa shape index (κ3) is 2.53. The van der Waals surface area contributed by atoms with E-state index in [0.717, 1.165) is 18.1 Å². The fourth-order valence-electron chi connectivity index (χ4n) is 1.77. The molecule has 0 spiro atoms. The zero-order valence-electron chi connectivity index (χ0n) is 9.72. The SMILES string of the molecule is CC(O)C(C)SCC1COc2ccccc21. The predicted octanol–water partition coefficient (Wildman–Crippen LogP) is 2.67. The van der Waals surface area contributed by atoms with Crippen LogP contribution in [0.15, 0.2) is 24.3 Å². The molecule has 0 bridgehead atoms. The molecule has 0 saturated carbocycles. The molecule has 0 amide bonds. The first-order valence-corrected chi connectivity index (χ1v) is 6.74. The Morgan fingerprint density at radius 1 is 1.44 bits per heavy atom. The highest BCUT2D eigenvalue weighted by atomic mass is 32.2. The van der Waals surface area contributed by atoms with Crippen LogP contribution in [0.4, 0.5) is 0 Å². The number of rotatable bonds is 4. The van der Waals surface area contributed by atoms with Gasteiger partial charge in [0.1, 0.15) is 5.75 Å². The van der Waals surface area contributed by atoms with E-state index in [4.69, 9.17) is 4.74 Å².